The average molecular weight is 315 g/mol. The Bertz CT molecular complexity index is 872. The summed E-state index contributed by atoms with van der Waals surface area (Å²) in [5.74, 6) is 1.36. The molecule has 0 bridgehead atoms. The number of imidazole rings is 1. The van der Waals surface area contributed by atoms with Crippen molar-refractivity contribution in [3.63, 3.8) is 0 Å². The zero-order valence-electron chi connectivity index (χ0n) is 12.1. The van der Waals surface area contributed by atoms with Gasteiger partial charge in [-0.15, -0.1) is 0 Å². The third-order valence-electron chi connectivity index (χ3n) is 4.00. The topological polar surface area (TPSA) is 47.3 Å². The second-order valence-corrected chi connectivity index (χ2v) is 5.98. The number of aliphatic hydroxyl groups excluding tert-OH is 1. The Hall–Kier alpha value is -2.04. The van der Waals surface area contributed by atoms with Crippen molar-refractivity contribution < 1.29 is 9.84 Å². The number of rotatable bonds is 0. The van der Waals surface area contributed by atoms with Crippen molar-refractivity contribution >= 4 is 22.6 Å². The van der Waals surface area contributed by atoms with E-state index in [0.717, 1.165) is 28.0 Å². The maximum absolute atomic E-state index is 10.2. The monoisotopic (exact) mass is 314 g/mol. The number of aliphatic hydroxyl groups is 1. The molecule has 1 aromatic heterocycles. The summed E-state index contributed by atoms with van der Waals surface area (Å²) in [7, 11) is 0. The molecule has 2 heterocycles. The van der Waals surface area contributed by atoms with Crippen molar-refractivity contribution in [3.05, 3.63) is 47.0 Å². The van der Waals surface area contributed by atoms with Crippen molar-refractivity contribution in [1.82, 2.24) is 9.55 Å². The van der Waals surface area contributed by atoms with E-state index in [2.05, 4.69) is 0 Å². The lowest BCUT2D eigenvalue weighted by Crippen LogP contribution is -2.26. The highest BCUT2D eigenvalue weighted by atomic mass is 35.5. The van der Waals surface area contributed by atoms with Crippen molar-refractivity contribution in [2.45, 2.75) is 19.6 Å². The maximum atomic E-state index is 10.2. The fraction of sp³-hybridized carbons (Fsp3) is 0.235. The average Bonchev–Trinajstić information content (AvgIpc) is 2.84. The van der Waals surface area contributed by atoms with Gasteiger partial charge in [-0.1, -0.05) is 29.8 Å². The number of hydrogen-bond donors (Lipinski definition) is 1. The third kappa shape index (κ3) is 1.99. The van der Waals surface area contributed by atoms with Gasteiger partial charge in [0.25, 0.3) is 0 Å². The van der Waals surface area contributed by atoms with Gasteiger partial charge in [-0.05, 0) is 30.7 Å². The minimum absolute atomic E-state index is 0.210. The van der Waals surface area contributed by atoms with Gasteiger partial charge in [0.15, 0.2) is 0 Å². The highest BCUT2D eigenvalue weighted by Crippen LogP contribution is 2.38. The van der Waals surface area contributed by atoms with Crippen LogP contribution in [-0.2, 0) is 6.54 Å². The predicted octanol–water partition coefficient (Wildman–Crippen LogP) is 3.42. The molecule has 22 heavy (non-hydrogen) atoms. The lowest BCUT2D eigenvalue weighted by molar-refractivity contribution is 0.0920. The molecule has 0 spiro atoms. The highest BCUT2D eigenvalue weighted by Gasteiger charge is 2.23. The van der Waals surface area contributed by atoms with Gasteiger partial charge in [0.1, 0.15) is 24.3 Å². The summed E-state index contributed by atoms with van der Waals surface area (Å²) in [6.45, 7) is 2.69. The molecule has 0 fully saturated rings. The lowest BCUT2D eigenvalue weighted by Gasteiger charge is -2.21. The van der Waals surface area contributed by atoms with Crippen LogP contribution in [0.2, 0.25) is 5.02 Å². The molecule has 0 radical (unpaired) electrons. The number of ether oxygens (including phenoxy) is 1. The van der Waals surface area contributed by atoms with E-state index >= 15 is 0 Å². The molecule has 1 atom stereocenters. The van der Waals surface area contributed by atoms with Crippen LogP contribution in [-0.4, -0.2) is 27.4 Å². The second kappa shape index (κ2) is 5.00. The quantitative estimate of drug-likeness (QED) is 0.691. The van der Waals surface area contributed by atoms with Crippen LogP contribution in [0, 0.1) is 6.92 Å². The summed E-state index contributed by atoms with van der Waals surface area (Å²) in [5, 5.41) is 10.7. The number of fused-ring (bicyclic) bond motifs is 5. The molecule has 0 saturated heterocycles. The van der Waals surface area contributed by atoms with Gasteiger partial charge < -0.3 is 14.4 Å². The number of aryl methyl sites for hydroxylation is 1. The van der Waals surface area contributed by atoms with Crippen LogP contribution in [0.4, 0.5) is 0 Å². The summed E-state index contributed by atoms with van der Waals surface area (Å²) in [4.78, 5) is 4.78. The van der Waals surface area contributed by atoms with Crippen LogP contribution in [0.25, 0.3) is 22.4 Å². The fourth-order valence-electron chi connectivity index (χ4n) is 2.95. The Morgan fingerprint density at radius 3 is 2.95 bits per heavy atom. The smallest absolute Gasteiger partial charge is 0.148 e. The molecule has 1 aliphatic rings. The lowest BCUT2D eigenvalue weighted by atomic mass is 10.1. The molecular weight excluding hydrogens is 300 g/mol. The first-order valence-corrected chi connectivity index (χ1v) is 7.58. The van der Waals surface area contributed by atoms with E-state index in [1.807, 2.05) is 41.8 Å². The van der Waals surface area contributed by atoms with Crippen molar-refractivity contribution in [2.75, 3.05) is 6.61 Å². The second-order valence-electron chi connectivity index (χ2n) is 5.57. The van der Waals surface area contributed by atoms with E-state index in [0.29, 0.717) is 17.3 Å². The molecular formula is C17H15ClN2O2. The molecule has 0 saturated carbocycles. The van der Waals surface area contributed by atoms with E-state index in [4.69, 9.17) is 21.3 Å². The minimum Gasteiger partial charge on any atom is -0.488 e. The molecule has 0 amide bonds. The zero-order valence-corrected chi connectivity index (χ0v) is 12.8. The Labute approximate surface area is 132 Å². The Kier molecular flexibility index (Phi) is 3.10. The van der Waals surface area contributed by atoms with E-state index in [9.17, 15) is 5.11 Å². The summed E-state index contributed by atoms with van der Waals surface area (Å²) in [5.41, 5.74) is 3.92. The maximum Gasteiger partial charge on any atom is 0.148 e. The number of hydrogen-bond acceptors (Lipinski definition) is 3. The summed E-state index contributed by atoms with van der Waals surface area (Å²) >= 11 is 6.27. The molecule has 112 valence electrons. The summed E-state index contributed by atoms with van der Waals surface area (Å²) in [6.07, 6.45) is -0.610. The number of aromatic nitrogens is 2. The molecule has 1 unspecified atom stereocenters. The van der Waals surface area contributed by atoms with Gasteiger partial charge in [0, 0.05) is 0 Å². The first-order chi connectivity index (χ1) is 10.6. The number of halogens is 1. The van der Waals surface area contributed by atoms with Crippen molar-refractivity contribution in [1.29, 1.82) is 0 Å². The van der Waals surface area contributed by atoms with E-state index in [1.54, 1.807) is 6.07 Å². The Balaban J connectivity index is 2.08. The van der Waals surface area contributed by atoms with Crippen molar-refractivity contribution in [2.24, 2.45) is 0 Å². The molecule has 1 aliphatic heterocycles. The van der Waals surface area contributed by atoms with Crippen LogP contribution in [0.15, 0.2) is 36.4 Å². The van der Waals surface area contributed by atoms with Crippen LogP contribution >= 0.6 is 11.6 Å². The van der Waals surface area contributed by atoms with E-state index in [-0.39, 0.29) is 6.61 Å². The van der Waals surface area contributed by atoms with Gasteiger partial charge in [0.05, 0.1) is 28.2 Å². The standard InChI is InChI=1S/C17H15ClN2O2/c1-10-4-2-7-14-15(10)19-17-12-5-3-6-13(18)16(12)22-9-11(21)8-20(14)17/h2-7,11,21H,8-9H2,1H3. The molecule has 5 heteroatoms. The largest absolute Gasteiger partial charge is 0.488 e. The van der Waals surface area contributed by atoms with Gasteiger partial charge in [-0.3, -0.25) is 0 Å². The van der Waals surface area contributed by atoms with Crippen molar-refractivity contribution in [3.8, 4) is 17.1 Å². The minimum atomic E-state index is -0.610. The Morgan fingerprint density at radius 1 is 1.27 bits per heavy atom. The van der Waals surface area contributed by atoms with Gasteiger partial charge >= 0.3 is 0 Å². The van der Waals surface area contributed by atoms with Crippen LogP contribution in [0.3, 0.4) is 0 Å². The number of benzene rings is 2. The van der Waals surface area contributed by atoms with E-state index < -0.39 is 6.10 Å². The highest BCUT2D eigenvalue weighted by molar-refractivity contribution is 6.32. The van der Waals surface area contributed by atoms with Crippen LogP contribution in [0.1, 0.15) is 5.56 Å². The first-order valence-electron chi connectivity index (χ1n) is 7.21. The normalized spacial score (nSPS) is 17.3. The molecule has 4 rings (SSSR count). The number of para-hydroxylation sites is 2. The summed E-state index contributed by atoms with van der Waals surface area (Å²) in [6, 6.07) is 11.7. The van der Waals surface area contributed by atoms with Crippen LogP contribution < -0.4 is 4.74 Å². The van der Waals surface area contributed by atoms with Gasteiger partial charge in [0.2, 0.25) is 0 Å². The summed E-state index contributed by atoms with van der Waals surface area (Å²) < 4.78 is 7.77. The number of nitrogens with zero attached hydrogens (tertiary/aromatic N) is 2. The van der Waals surface area contributed by atoms with E-state index in [1.165, 1.54) is 0 Å². The predicted molar refractivity (Wildman–Crippen MR) is 86.4 cm³/mol. The van der Waals surface area contributed by atoms with Gasteiger partial charge in [-0.25, -0.2) is 4.98 Å². The SMILES string of the molecule is Cc1cccc2c1nc1n2CC(O)COc2c(Cl)cccc2-1. The first kappa shape index (κ1) is 13.6. The fourth-order valence-corrected chi connectivity index (χ4v) is 3.18. The zero-order chi connectivity index (χ0) is 15.3. The van der Waals surface area contributed by atoms with Gasteiger partial charge in [-0.2, -0.15) is 0 Å². The molecule has 1 N–H and O–H groups in total. The Morgan fingerprint density at radius 2 is 2.09 bits per heavy atom. The van der Waals surface area contributed by atoms with Crippen LogP contribution in [0.5, 0.6) is 5.75 Å². The molecule has 0 aliphatic carbocycles. The molecule has 4 nitrogen and oxygen atoms in total. The third-order valence-corrected chi connectivity index (χ3v) is 4.30. The molecule has 2 aromatic carbocycles. The molecule has 3 aromatic rings.